The summed E-state index contributed by atoms with van der Waals surface area (Å²) in [4.78, 5) is 7.21. The van der Waals surface area contributed by atoms with Gasteiger partial charge in [-0.05, 0) is 6.07 Å². The molecule has 20 heavy (non-hydrogen) atoms. The molecule has 0 bridgehead atoms. The topological polar surface area (TPSA) is 28.2 Å². The summed E-state index contributed by atoms with van der Waals surface area (Å²) in [6, 6.07) is 7.90. The first kappa shape index (κ1) is 14.0. The SMILES string of the molecule is Clc1ccccc1-c1nc(CCN2CCNCC2)cs1. The third kappa shape index (κ3) is 3.38. The summed E-state index contributed by atoms with van der Waals surface area (Å²) in [5.41, 5.74) is 2.20. The van der Waals surface area contributed by atoms with Crippen LogP contribution >= 0.6 is 22.9 Å². The van der Waals surface area contributed by atoms with E-state index in [9.17, 15) is 0 Å². The molecule has 0 saturated carbocycles. The van der Waals surface area contributed by atoms with Crippen molar-refractivity contribution < 1.29 is 0 Å². The van der Waals surface area contributed by atoms with Gasteiger partial charge in [0.15, 0.2) is 0 Å². The molecule has 1 saturated heterocycles. The first-order valence-electron chi connectivity index (χ1n) is 6.95. The lowest BCUT2D eigenvalue weighted by Crippen LogP contribution is -2.44. The summed E-state index contributed by atoms with van der Waals surface area (Å²) in [7, 11) is 0. The Morgan fingerprint density at radius 3 is 2.85 bits per heavy atom. The van der Waals surface area contributed by atoms with E-state index in [1.807, 2.05) is 24.3 Å². The van der Waals surface area contributed by atoms with Crippen molar-refractivity contribution in [2.75, 3.05) is 32.7 Å². The molecule has 3 rings (SSSR count). The zero-order chi connectivity index (χ0) is 13.8. The van der Waals surface area contributed by atoms with Gasteiger partial charge in [-0.1, -0.05) is 29.8 Å². The molecule has 0 amide bonds. The molecular formula is C15H18ClN3S. The molecule has 1 N–H and O–H groups in total. The van der Waals surface area contributed by atoms with Gasteiger partial charge in [-0.25, -0.2) is 4.98 Å². The normalized spacial score (nSPS) is 16.4. The number of rotatable bonds is 4. The van der Waals surface area contributed by atoms with E-state index in [1.165, 1.54) is 5.69 Å². The van der Waals surface area contributed by atoms with Crippen molar-refractivity contribution >= 4 is 22.9 Å². The fourth-order valence-electron chi connectivity index (χ4n) is 2.39. The Hall–Kier alpha value is -0.940. The summed E-state index contributed by atoms with van der Waals surface area (Å²) in [5, 5.41) is 7.32. The van der Waals surface area contributed by atoms with Crippen LogP contribution in [0.3, 0.4) is 0 Å². The number of benzene rings is 1. The monoisotopic (exact) mass is 307 g/mol. The highest BCUT2D eigenvalue weighted by Gasteiger charge is 2.11. The van der Waals surface area contributed by atoms with Gasteiger partial charge in [0.1, 0.15) is 5.01 Å². The lowest BCUT2D eigenvalue weighted by Gasteiger charge is -2.26. The minimum Gasteiger partial charge on any atom is -0.314 e. The highest BCUT2D eigenvalue weighted by atomic mass is 35.5. The summed E-state index contributed by atoms with van der Waals surface area (Å²) in [6.07, 6.45) is 1.01. The number of piperazine rings is 1. The molecule has 5 heteroatoms. The van der Waals surface area contributed by atoms with Crippen molar-refractivity contribution in [3.8, 4) is 10.6 Å². The van der Waals surface area contributed by atoms with Crippen LogP contribution < -0.4 is 5.32 Å². The van der Waals surface area contributed by atoms with Gasteiger partial charge in [-0.3, -0.25) is 0 Å². The van der Waals surface area contributed by atoms with Crippen LogP contribution in [0.15, 0.2) is 29.6 Å². The lowest BCUT2D eigenvalue weighted by molar-refractivity contribution is 0.243. The van der Waals surface area contributed by atoms with E-state index >= 15 is 0 Å². The number of aromatic nitrogens is 1. The lowest BCUT2D eigenvalue weighted by atomic mass is 10.2. The average molecular weight is 308 g/mol. The Balaban J connectivity index is 1.63. The van der Waals surface area contributed by atoms with Crippen LogP contribution in [-0.4, -0.2) is 42.6 Å². The highest BCUT2D eigenvalue weighted by Crippen LogP contribution is 2.30. The maximum absolute atomic E-state index is 6.22. The Morgan fingerprint density at radius 1 is 1.25 bits per heavy atom. The Labute approximate surface area is 128 Å². The summed E-state index contributed by atoms with van der Waals surface area (Å²) in [6.45, 7) is 5.57. The molecule has 0 radical (unpaired) electrons. The molecule has 0 aliphatic carbocycles. The van der Waals surface area contributed by atoms with Gasteiger partial charge in [0.2, 0.25) is 0 Å². The van der Waals surface area contributed by atoms with E-state index < -0.39 is 0 Å². The van der Waals surface area contributed by atoms with Crippen LogP contribution in [0, 0.1) is 0 Å². The second-order valence-electron chi connectivity index (χ2n) is 4.97. The van der Waals surface area contributed by atoms with Gasteiger partial charge in [0.25, 0.3) is 0 Å². The van der Waals surface area contributed by atoms with Crippen LogP contribution in [0.25, 0.3) is 10.6 Å². The van der Waals surface area contributed by atoms with Gasteiger partial charge in [-0.15, -0.1) is 11.3 Å². The van der Waals surface area contributed by atoms with E-state index in [0.29, 0.717) is 0 Å². The van der Waals surface area contributed by atoms with Crippen LogP contribution in [-0.2, 0) is 6.42 Å². The molecular weight excluding hydrogens is 290 g/mol. The summed E-state index contributed by atoms with van der Waals surface area (Å²) < 4.78 is 0. The number of halogens is 1. The predicted molar refractivity (Wildman–Crippen MR) is 85.6 cm³/mol. The second-order valence-corrected chi connectivity index (χ2v) is 6.23. The molecule has 0 spiro atoms. The number of nitrogens with zero attached hydrogens (tertiary/aromatic N) is 2. The van der Waals surface area contributed by atoms with E-state index in [2.05, 4.69) is 15.6 Å². The van der Waals surface area contributed by atoms with Gasteiger partial charge < -0.3 is 10.2 Å². The van der Waals surface area contributed by atoms with Gasteiger partial charge in [-0.2, -0.15) is 0 Å². The molecule has 2 heterocycles. The first-order chi connectivity index (χ1) is 9.83. The van der Waals surface area contributed by atoms with Crippen molar-refractivity contribution in [2.45, 2.75) is 6.42 Å². The predicted octanol–water partition coefficient (Wildman–Crippen LogP) is 2.91. The van der Waals surface area contributed by atoms with E-state index in [0.717, 1.165) is 54.7 Å². The minimum absolute atomic E-state index is 0.774. The number of hydrogen-bond acceptors (Lipinski definition) is 4. The number of hydrogen-bond donors (Lipinski definition) is 1. The van der Waals surface area contributed by atoms with Gasteiger partial charge in [0, 0.05) is 50.1 Å². The van der Waals surface area contributed by atoms with E-state index in [4.69, 9.17) is 16.6 Å². The number of thiazole rings is 1. The zero-order valence-electron chi connectivity index (χ0n) is 11.3. The summed E-state index contributed by atoms with van der Waals surface area (Å²) >= 11 is 7.90. The van der Waals surface area contributed by atoms with Crippen LogP contribution in [0.4, 0.5) is 0 Å². The fourth-order valence-corrected chi connectivity index (χ4v) is 3.56. The third-order valence-electron chi connectivity index (χ3n) is 3.55. The second kappa shape index (κ2) is 6.68. The van der Waals surface area contributed by atoms with Crippen molar-refractivity contribution in [1.82, 2.24) is 15.2 Å². The standard InChI is InChI=1S/C15H18ClN3S/c16-14-4-2-1-3-13(14)15-18-12(11-20-15)5-8-19-9-6-17-7-10-19/h1-4,11,17H,5-10H2. The van der Waals surface area contributed by atoms with E-state index in [-0.39, 0.29) is 0 Å². The van der Waals surface area contributed by atoms with Gasteiger partial charge in [0.05, 0.1) is 10.7 Å². The Kier molecular flexibility index (Phi) is 4.68. The Bertz CT molecular complexity index is 564. The molecule has 1 aliphatic rings. The maximum Gasteiger partial charge on any atom is 0.125 e. The molecule has 1 fully saturated rings. The molecule has 0 atom stereocenters. The van der Waals surface area contributed by atoms with Crippen LogP contribution in [0.2, 0.25) is 5.02 Å². The smallest absolute Gasteiger partial charge is 0.125 e. The average Bonchev–Trinajstić information content (AvgIpc) is 2.95. The third-order valence-corrected chi connectivity index (χ3v) is 4.80. The first-order valence-corrected chi connectivity index (χ1v) is 8.21. The molecule has 2 aromatic rings. The van der Waals surface area contributed by atoms with Crippen LogP contribution in [0.5, 0.6) is 0 Å². The molecule has 1 aromatic carbocycles. The molecule has 106 valence electrons. The maximum atomic E-state index is 6.22. The highest BCUT2D eigenvalue weighted by molar-refractivity contribution is 7.13. The molecule has 1 aliphatic heterocycles. The number of nitrogens with one attached hydrogen (secondary N) is 1. The summed E-state index contributed by atoms with van der Waals surface area (Å²) in [5.74, 6) is 0. The largest absolute Gasteiger partial charge is 0.314 e. The van der Waals surface area contributed by atoms with E-state index in [1.54, 1.807) is 11.3 Å². The van der Waals surface area contributed by atoms with Crippen molar-refractivity contribution in [3.63, 3.8) is 0 Å². The molecule has 1 aromatic heterocycles. The molecule has 3 nitrogen and oxygen atoms in total. The molecule has 0 unspecified atom stereocenters. The van der Waals surface area contributed by atoms with Crippen molar-refractivity contribution in [2.24, 2.45) is 0 Å². The van der Waals surface area contributed by atoms with Gasteiger partial charge >= 0.3 is 0 Å². The zero-order valence-corrected chi connectivity index (χ0v) is 12.9. The Morgan fingerprint density at radius 2 is 2.05 bits per heavy atom. The minimum atomic E-state index is 0.774. The quantitative estimate of drug-likeness (QED) is 0.941. The fraction of sp³-hybridized carbons (Fsp3) is 0.400. The van der Waals surface area contributed by atoms with Crippen LogP contribution in [0.1, 0.15) is 5.69 Å². The van der Waals surface area contributed by atoms with Crippen molar-refractivity contribution in [1.29, 1.82) is 0 Å². The van der Waals surface area contributed by atoms with Crippen molar-refractivity contribution in [3.05, 3.63) is 40.4 Å².